The number of carboxylic acids is 1. The molecule has 3 atom stereocenters. The molecule has 0 bridgehead atoms. The monoisotopic (exact) mass is 216 g/mol. The van der Waals surface area contributed by atoms with Crippen LogP contribution < -0.4 is 5.73 Å². The molecule has 0 spiro atoms. The summed E-state index contributed by atoms with van der Waals surface area (Å²) in [6, 6.07) is -0.915. The number of nitrogens with two attached hydrogens (primary N) is 1. The van der Waals surface area contributed by atoms with Crippen molar-refractivity contribution in [3.8, 4) is 0 Å². The lowest BCUT2D eigenvalue weighted by Gasteiger charge is -2.23. The zero-order chi connectivity index (χ0) is 11.6. The number of carbonyl (C=O) groups excluding carboxylic acids is 1. The minimum Gasteiger partial charge on any atom is -0.480 e. The highest BCUT2D eigenvalue weighted by atomic mass is 16.4. The van der Waals surface area contributed by atoms with Crippen LogP contribution in [-0.4, -0.2) is 52.2 Å². The van der Waals surface area contributed by atoms with Gasteiger partial charge in [-0.15, -0.1) is 0 Å². The number of aliphatic hydroxyl groups is 1. The van der Waals surface area contributed by atoms with Gasteiger partial charge in [0.05, 0.1) is 6.10 Å². The lowest BCUT2D eigenvalue weighted by Crippen LogP contribution is -2.44. The van der Waals surface area contributed by atoms with E-state index < -0.39 is 24.0 Å². The zero-order valence-corrected chi connectivity index (χ0v) is 8.59. The predicted octanol–water partition coefficient (Wildman–Crippen LogP) is -1.37. The third kappa shape index (κ3) is 2.45. The highest BCUT2D eigenvalue weighted by Gasteiger charge is 2.39. The van der Waals surface area contributed by atoms with Crippen molar-refractivity contribution < 1.29 is 19.8 Å². The smallest absolute Gasteiger partial charge is 0.326 e. The minimum absolute atomic E-state index is 0.0835. The predicted molar refractivity (Wildman–Crippen MR) is 52.0 cm³/mol. The summed E-state index contributed by atoms with van der Waals surface area (Å²) in [6.07, 6.45) is -0.654. The van der Waals surface area contributed by atoms with Crippen LogP contribution in [0.2, 0.25) is 0 Å². The average Bonchev–Trinajstić information content (AvgIpc) is 2.58. The Morgan fingerprint density at radius 3 is 2.67 bits per heavy atom. The standard InChI is InChI=1S/C9H16N2O4/c1-5(3-10)8(13)11-4-6(12)2-7(11)9(14)15/h5-7,12H,2-4,10H2,1H3,(H,14,15)/t5?,6-,7-/m1/s1. The van der Waals surface area contributed by atoms with E-state index in [2.05, 4.69) is 0 Å². The first-order chi connectivity index (χ1) is 6.97. The summed E-state index contributed by atoms with van der Waals surface area (Å²) in [7, 11) is 0. The zero-order valence-electron chi connectivity index (χ0n) is 8.59. The molecule has 1 rings (SSSR count). The van der Waals surface area contributed by atoms with Gasteiger partial charge in [0.1, 0.15) is 6.04 Å². The van der Waals surface area contributed by atoms with Gasteiger partial charge < -0.3 is 20.8 Å². The van der Waals surface area contributed by atoms with Crippen LogP contribution >= 0.6 is 0 Å². The topological polar surface area (TPSA) is 104 Å². The van der Waals surface area contributed by atoms with Crippen LogP contribution in [0.25, 0.3) is 0 Å². The summed E-state index contributed by atoms with van der Waals surface area (Å²) in [5, 5.41) is 18.2. The number of β-amino-alcohol motifs (C(OH)–C–C–N with tert-alkyl or cyclic N) is 1. The minimum atomic E-state index is -1.08. The van der Waals surface area contributed by atoms with Gasteiger partial charge in [-0.1, -0.05) is 6.92 Å². The van der Waals surface area contributed by atoms with E-state index in [4.69, 9.17) is 10.8 Å². The average molecular weight is 216 g/mol. The third-order valence-corrected chi connectivity index (χ3v) is 2.62. The van der Waals surface area contributed by atoms with Gasteiger partial charge in [0.25, 0.3) is 0 Å². The first kappa shape index (κ1) is 11.9. The van der Waals surface area contributed by atoms with Crippen molar-refractivity contribution in [2.45, 2.75) is 25.5 Å². The molecule has 15 heavy (non-hydrogen) atoms. The lowest BCUT2D eigenvalue weighted by molar-refractivity contribution is -0.149. The molecule has 1 fully saturated rings. The molecule has 0 aromatic heterocycles. The highest BCUT2D eigenvalue weighted by molar-refractivity contribution is 5.85. The van der Waals surface area contributed by atoms with Gasteiger partial charge in [-0.05, 0) is 0 Å². The summed E-state index contributed by atoms with van der Waals surface area (Å²) in [5.41, 5.74) is 5.34. The molecule has 4 N–H and O–H groups in total. The van der Waals surface area contributed by atoms with Crippen LogP contribution in [0.1, 0.15) is 13.3 Å². The summed E-state index contributed by atoms with van der Waals surface area (Å²) in [6.45, 7) is 1.91. The summed E-state index contributed by atoms with van der Waals surface area (Å²) in [5.74, 6) is -1.79. The van der Waals surface area contributed by atoms with Gasteiger partial charge in [-0.2, -0.15) is 0 Å². The fourth-order valence-electron chi connectivity index (χ4n) is 1.68. The first-order valence-electron chi connectivity index (χ1n) is 4.88. The molecule has 86 valence electrons. The second-order valence-corrected chi connectivity index (χ2v) is 3.87. The Kier molecular flexibility index (Phi) is 3.65. The molecule has 0 aromatic carbocycles. The molecule has 0 aromatic rings. The normalized spacial score (nSPS) is 27.8. The Hall–Kier alpha value is -1.14. The maximum absolute atomic E-state index is 11.7. The molecule has 0 radical (unpaired) electrons. The van der Waals surface area contributed by atoms with Crippen LogP contribution in [0.5, 0.6) is 0 Å². The molecule has 1 saturated heterocycles. The Labute approximate surface area is 87.7 Å². The molecule has 1 heterocycles. The number of aliphatic carboxylic acids is 1. The van der Waals surface area contributed by atoms with Crippen LogP contribution in [0.15, 0.2) is 0 Å². The number of likely N-dealkylation sites (tertiary alicyclic amines) is 1. The SMILES string of the molecule is CC(CN)C(=O)N1C[C@H](O)C[C@@H]1C(=O)O. The maximum atomic E-state index is 11.7. The quantitative estimate of drug-likeness (QED) is 0.540. The van der Waals surface area contributed by atoms with Crippen LogP contribution in [-0.2, 0) is 9.59 Å². The number of hydrogen-bond acceptors (Lipinski definition) is 4. The van der Waals surface area contributed by atoms with Crippen LogP contribution in [0.3, 0.4) is 0 Å². The summed E-state index contributed by atoms with van der Waals surface area (Å²) >= 11 is 0. The third-order valence-electron chi connectivity index (χ3n) is 2.62. The van der Waals surface area contributed by atoms with Gasteiger partial charge >= 0.3 is 5.97 Å². The number of carboxylic acid groups (broad SMARTS) is 1. The molecule has 0 aliphatic carbocycles. The second kappa shape index (κ2) is 4.59. The van der Waals surface area contributed by atoms with Gasteiger partial charge in [0.15, 0.2) is 0 Å². The van der Waals surface area contributed by atoms with E-state index in [0.717, 1.165) is 0 Å². The van der Waals surface area contributed by atoms with E-state index in [-0.39, 0.29) is 25.4 Å². The second-order valence-electron chi connectivity index (χ2n) is 3.87. The number of nitrogens with zero attached hydrogens (tertiary/aromatic N) is 1. The maximum Gasteiger partial charge on any atom is 0.326 e. The Morgan fingerprint density at radius 2 is 2.20 bits per heavy atom. The Bertz CT molecular complexity index is 269. The number of rotatable bonds is 3. The molecular formula is C9H16N2O4. The molecule has 0 saturated carbocycles. The number of aliphatic hydroxyl groups excluding tert-OH is 1. The number of hydrogen-bond donors (Lipinski definition) is 3. The molecule has 1 amide bonds. The summed E-state index contributed by atoms with van der Waals surface area (Å²) < 4.78 is 0. The molecule has 1 aliphatic heterocycles. The van der Waals surface area contributed by atoms with Crippen molar-refractivity contribution in [1.82, 2.24) is 4.90 Å². The van der Waals surface area contributed by atoms with Crippen LogP contribution in [0.4, 0.5) is 0 Å². The van der Waals surface area contributed by atoms with E-state index in [9.17, 15) is 14.7 Å². The largest absolute Gasteiger partial charge is 0.480 e. The Balaban J connectivity index is 2.75. The molecule has 6 nitrogen and oxygen atoms in total. The first-order valence-corrected chi connectivity index (χ1v) is 4.88. The van der Waals surface area contributed by atoms with Gasteiger partial charge in [-0.25, -0.2) is 4.79 Å². The lowest BCUT2D eigenvalue weighted by atomic mass is 10.1. The van der Waals surface area contributed by atoms with E-state index in [1.807, 2.05) is 0 Å². The summed E-state index contributed by atoms with van der Waals surface area (Å²) in [4.78, 5) is 23.7. The molecule has 1 unspecified atom stereocenters. The van der Waals surface area contributed by atoms with Crippen molar-refractivity contribution in [2.24, 2.45) is 11.7 Å². The van der Waals surface area contributed by atoms with Crippen molar-refractivity contribution in [2.75, 3.05) is 13.1 Å². The number of amides is 1. The molecule has 1 aliphatic rings. The van der Waals surface area contributed by atoms with E-state index in [1.54, 1.807) is 6.92 Å². The van der Waals surface area contributed by atoms with E-state index >= 15 is 0 Å². The van der Waals surface area contributed by atoms with Gasteiger partial charge in [0, 0.05) is 25.4 Å². The van der Waals surface area contributed by atoms with Crippen molar-refractivity contribution in [3.05, 3.63) is 0 Å². The molecular weight excluding hydrogens is 200 g/mol. The Morgan fingerprint density at radius 1 is 1.60 bits per heavy atom. The van der Waals surface area contributed by atoms with E-state index in [1.165, 1.54) is 4.90 Å². The number of carbonyl (C=O) groups is 2. The van der Waals surface area contributed by atoms with Gasteiger partial charge in [0.2, 0.25) is 5.91 Å². The van der Waals surface area contributed by atoms with Gasteiger partial charge in [-0.3, -0.25) is 4.79 Å². The fraction of sp³-hybridized carbons (Fsp3) is 0.778. The van der Waals surface area contributed by atoms with Crippen molar-refractivity contribution >= 4 is 11.9 Å². The highest BCUT2D eigenvalue weighted by Crippen LogP contribution is 2.20. The fourth-order valence-corrected chi connectivity index (χ4v) is 1.68. The molecule has 6 heteroatoms. The van der Waals surface area contributed by atoms with E-state index in [0.29, 0.717) is 0 Å². The van der Waals surface area contributed by atoms with Crippen molar-refractivity contribution in [1.29, 1.82) is 0 Å². The van der Waals surface area contributed by atoms with Crippen LogP contribution in [0, 0.1) is 5.92 Å². The van der Waals surface area contributed by atoms with Crippen molar-refractivity contribution in [3.63, 3.8) is 0 Å².